The highest BCUT2D eigenvalue weighted by molar-refractivity contribution is 7.92. The van der Waals surface area contributed by atoms with E-state index in [1.165, 1.54) is 19.2 Å². The molecule has 11 heteroatoms. The Morgan fingerprint density at radius 2 is 1.83 bits per heavy atom. The number of hydrogen-bond acceptors (Lipinski definition) is 5. The maximum absolute atomic E-state index is 14.1. The number of benzene rings is 2. The molecule has 2 amide bonds. The standard InChI is InChI=1S/C19H21F2N3O5S/c1-29-10-9-22-19(26)14-5-3-4-6-16(14)23-18(25)12-24(30(2,27)28)17-8-7-13(20)11-15(17)21/h3-8,11H,9-10,12H2,1-2H3,(H,22,26)(H,23,25). The van der Waals surface area contributed by atoms with E-state index in [9.17, 15) is 26.8 Å². The summed E-state index contributed by atoms with van der Waals surface area (Å²) in [5.74, 6) is -3.30. The van der Waals surface area contributed by atoms with E-state index in [4.69, 9.17) is 4.74 Å². The molecule has 0 saturated carbocycles. The average molecular weight is 441 g/mol. The van der Waals surface area contributed by atoms with Crippen molar-refractivity contribution in [2.45, 2.75) is 0 Å². The summed E-state index contributed by atoms with van der Waals surface area (Å²) >= 11 is 0. The Labute approximate surface area is 172 Å². The average Bonchev–Trinajstić information content (AvgIpc) is 2.66. The molecule has 162 valence electrons. The van der Waals surface area contributed by atoms with Crippen LogP contribution < -0.4 is 14.9 Å². The van der Waals surface area contributed by atoms with Gasteiger partial charge in [-0.3, -0.25) is 13.9 Å². The third-order valence-corrected chi connectivity index (χ3v) is 5.03. The molecule has 0 unspecified atom stereocenters. The highest BCUT2D eigenvalue weighted by Gasteiger charge is 2.24. The monoisotopic (exact) mass is 441 g/mol. The normalized spacial score (nSPS) is 11.1. The zero-order valence-corrected chi connectivity index (χ0v) is 17.1. The minimum absolute atomic E-state index is 0.144. The highest BCUT2D eigenvalue weighted by atomic mass is 32.2. The van der Waals surface area contributed by atoms with Gasteiger partial charge < -0.3 is 15.4 Å². The number of amides is 2. The molecule has 0 heterocycles. The molecule has 2 rings (SSSR count). The maximum atomic E-state index is 14.1. The van der Waals surface area contributed by atoms with E-state index in [0.29, 0.717) is 17.0 Å². The van der Waals surface area contributed by atoms with Crippen LogP contribution in [0.25, 0.3) is 0 Å². The van der Waals surface area contributed by atoms with Crippen molar-refractivity contribution in [1.82, 2.24) is 5.32 Å². The van der Waals surface area contributed by atoms with Crippen LogP contribution in [0.3, 0.4) is 0 Å². The van der Waals surface area contributed by atoms with Crippen molar-refractivity contribution < 1.29 is 31.5 Å². The minimum atomic E-state index is -4.07. The van der Waals surface area contributed by atoms with Crippen LogP contribution in [0.2, 0.25) is 0 Å². The fourth-order valence-electron chi connectivity index (χ4n) is 2.54. The quantitative estimate of drug-likeness (QED) is 0.577. The number of nitrogens with zero attached hydrogens (tertiary/aromatic N) is 1. The lowest BCUT2D eigenvalue weighted by molar-refractivity contribution is -0.114. The lowest BCUT2D eigenvalue weighted by Gasteiger charge is -2.22. The first-order valence-corrected chi connectivity index (χ1v) is 10.6. The Morgan fingerprint density at radius 1 is 1.13 bits per heavy atom. The van der Waals surface area contributed by atoms with E-state index in [2.05, 4.69) is 10.6 Å². The number of para-hydroxylation sites is 1. The van der Waals surface area contributed by atoms with Crippen molar-refractivity contribution >= 4 is 33.2 Å². The van der Waals surface area contributed by atoms with Gasteiger partial charge in [-0.15, -0.1) is 0 Å². The van der Waals surface area contributed by atoms with E-state index in [1.54, 1.807) is 12.1 Å². The van der Waals surface area contributed by atoms with Gasteiger partial charge >= 0.3 is 0 Å². The molecule has 2 aromatic rings. The first kappa shape index (κ1) is 23.2. The van der Waals surface area contributed by atoms with Crippen LogP contribution >= 0.6 is 0 Å². The zero-order valence-electron chi connectivity index (χ0n) is 16.3. The van der Waals surface area contributed by atoms with Gasteiger partial charge in [0, 0.05) is 19.7 Å². The van der Waals surface area contributed by atoms with Crippen LogP contribution in [0.5, 0.6) is 0 Å². The Bertz CT molecular complexity index is 1030. The number of nitrogens with one attached hydrogen (secondary N) is 2. The molecule has 0 aliphatic carbocycles. The zero-order chi connectivity index (χ0) is 22.3. The van der Waals surface area contributed by atoms with Crippen molar-refractivity contribution in [3.05, 3.63) is 59.7 Å². The van der Waals surface area contributed by atoms with Crippen molar-refractivity contribution in [3.63, 3.8) is 0 Å². The molecule has 0 atom stereocenters. The van der Waals surface area contributed by atoms with Crippen molar-refractivity contribution in [2.75, 3.05) is 42.7 Å². The third kappa shape index (κ3) is 6.22. The van der Waals surface area contributed by atoms with Gasteiger partial charge in [-0.1, -0.05) is 12.1 Å². The molecule has 30 heavy (non-hydrogen) atoms. The number of carbonyl (C=O) groups excluding carboxylic acids is 2. The molecule has 0 bridgehead atoms. The first-order valence-electron chi connectivity index (χ1n) is 8.72. The fraction of sp³-hybridized carbons (Fsp3) is 0.263. The topological polar surface area (TPSA) is 105 Å². The molecule has 2 aromatic carbocycles. The van der Waals surface area contributed by atoms with Crippen LogP contribution in [-0.4, -0.2) is 53.3 Å². The van der Waals surface area contributed by atoms with Crippen molar-refractivity contribution in [1.29, 1.82) is 0 Å². The van der Waals surface area contributed by atoms with Crippen LogP contribution in [-0.2, 0) is 19.6 Å². The predicted octanol–water partition coefficient (Wildman–Crippen LogP) is 1.75. The van der Waals surface area contributed by atoms with Gasteiger partial charge in [0.2, 0.25) is 15.9 Å². The summed E-state index contributed by atoms with van der Waals surface area (Å²) in [5.41, 5.74) is -0.175. The van der Waals surface area contributed by atoms with Crippen LogP contribution in [0, 0.1) is 11.6 Å². The molecule has 0 fully saturated rings. The summed E-state index contributed by atoms with van der Waals surface area (Å²) in [4.78, 5) is 24.8. The van der Waals surface area contributed by atoms with E-state index >= 15 is 0 Å². The molecule has 0 spiro atoms. The maximum Gasteiger partial charge on any atom is 0.253 e. The third-order valence-electron chi connectivity index (χ3n) is 3.90. The molecule has 8 nitrogen and oxygen atoms in total. The van der Waals surface area contributed by atoms with E-state index in [-0.39, 0.29) is 17.8 Å². The number of hydrogen-bond donors (Lipinski definition) is 2. The summed E-state index contributed by atoms with van der Waals surface area (Å²) in [6.45, 7) is -0.225. The Balaban J connectivity index is 2.22. The van der Waals surface area contributed by atoms with Gasteiger partial charge in [-0.25, -0.2) is 17.2 Å². The fourth-order valence-corrected chi connectivity index (χ4v) is 3.39. The van der Waals surface area contributed by atoms with Crippen molar-refractivity contribution in [3.8, 4) is 0 Å². The van der Waals surface area contributed by atoms with Crippen LogP contribution in [0.4, 0.5) is 20.2 Å². The Hall–Kier alpha value is -3.05. The SMILES string of the molecule is COCCNC(=O)c1ccccc1NC(=O)CN(c1ccc(F)cc1F)S(C)(=O)=O. The van der Waals surface area contributed by atoms with E-state index in [0.717, 1.165) is 18.4 Å². The Kier molecular flexibility index (Phi) is 7.84. The summed E-state index contributed by atoms with van der Waals surface area (Å²) in [5, 5.41) is 5.06. The predicted molar refractivity (Wildman–Crippen MR) is 108 cm³/mol. The number of methoxy groups -OCH3 is 1. The lowest BCUT2D eigenvalue weighted by Crippen LogP contribution is -2.38. The second kappa shape index (κ2) is 10.1. The summed E-state index contributed by atoms with van der Waals surface area (Å²) < 4.78 is 56.8. The molecule has 0 radical (unpaired) electrons. The van der Waals surface area contributed by atoms with Gasteiger partial charge in [0.05, 0.1) is 29.8 Å². The molecule has 0 aliphatic rings. The second-order valence-electron chi connectivity index (χ2n) is 6.21. The highest BCUT2D eigenvalue weighted by Crippen LogP contribution is 2.23. The minimum Gasteiger partial charge on any atom is -0.383 e. The number of carbonyl (C=O) groups is 2. The van der Waals surface area contributed by atoms with Crippen LogP contribution in [0.1, 0.15) is 10.4 Å². The molecule has 0 aliphatic heterocycles. The molecule has 2 N–H and O–H groups in total. The van der Waals surface area contributed by atoms with Gasteiger partial charge in [-0.05, 0) is 24.3 Å². The van der Waals surface area contributed by atoms with Gasteiger partial charge in [-0.2, -0.15) is 0 Å². The lowest BCUT2D eigenvalue weighted by atomic mass is 10.1. The first-order chi connectivity index (χ1) is 14.1. The molecular formula is C19H21F2N3O5S. The molecular weight excluding hydrogens is 420 g/mol. The summed E-state index contributed by atoms with van der Waals surface area (Å²) in [6.07, 6.45) is 0.792. The second-order valence-corrected chi connectivity index (χ2v) is 8.11. The largest absolute Gasteiger partial charge is 0.383 e. The smallest absolute Gasteiger partial charge is 0.253 e. The van der Waals surface area contributed by atoms with E-state index in [1.807, 2.05) is 0 Å². The van der Waals surface area contributed by atoms with Gasteiger partial charge in [0.25, 0.3) is 5.91 Å². The summed E-state index contributed by atoms with van der Waals surface area (Å²) in [6, 6.07) is 8.45. The number of rotatable bonds is 9. The molecule has 0 aromatic heterocycles. The van der Waals surface area contributed by atoms with E-state index < -0.39 is 45.7 Å². The van der Waals surface area contributed by atoms with Crippen LogP contribution in [0.15, 0.2) is 42.5 Å². The number of ether oxygens (including phenoxy) is 1. The Morgan fingerprint density at radius 3 is 2.47 bits per heavy atom. The van der Waals surface area contributed by atoms with Gasteiger partial charge in [0.1, 0.15) is 18.2 Å². The number of halogens is 2. The number of sulfonamides is 1. The number of anilines is 2. The van der Waals surface area contributed by atoms with Crippen molar-refractivity contribution in [2.24, 2.45) is 0 Å². The molecule has 0 saturated heterocycles. The summed E-state index contributed by atoms with van der Waals surface area (Å²) in [7, 11) is -2.58. The van der Waals surface area contributed by atoms with Gasteiger partial charge in [0.15, 0.2) is 0 Å².